The third-order valence-electron chi connectivity index (χ3n) is 2.80. The Hall–Kier alpha value is -0.870. The van der Waals surface area contributed by atoms with Crippen molar-refractivity contribution in [3.63, 3.8) is 0 Å². The molecule has 4 nitrogen and oxygen atoms in total. The Kier molecular flexibility index (Phi) is 5.49. The highest BCUT2D eigenvalue weighted by Crippen LogP contribution is 2.18. The number of aryl methyl sites for hydroxylation is 1. The number of hydrogen-bond donors (Lipinski definition) is 1. The van der Waals surface area contributed by atoms with Crippen LogP contribution in [-0.4, -0.2) is 29.5 Å². The van der Waals surface area contributed by atoms with Crippen LogP contribution in [0.15, 0.2) is 12.4 Å². The highest BCUT2D eigenvalue weighted by atomic mass is 16.5. The zero-order valence-corrected chi connectivity index (χ0v) is 10.7. The fourth-order valence-corrected chi connectivity index (χ4v) is 1.74. The summed E-state index contributed by atoms with van der Waals surface area (Å²) in [5, 5.41) is 7.78. The van der Waals surface area contributed by atoms with Gasteiger partial charge < -0.3 is 10.1 Å². The Morgan fingerprint density at radius 1 is 1.50 bits per heavy atom. The van der Waals surface area contributed by atoms with Crippen molar-refractivity contribution in [2.45, 2.75) is 45.9 Å². The first-order chi connectivity index (χ1) is 7.71. The number of nitrogens with zero attached hydrogens (tertiary/aromatic N) is 2. The molecule has 1 heterocycles. The first-order valence-corrected chi connectivity index (χ1v) is 5.99. The van der Waals surface area contributed by atoms with Crippen LogP contribution in [-0.2, 0) is 11.3 Å². The quantitative estimate of drug-likeness (QED) is 0.771. The van der Waals surface area contributed by atoms with Gasteiger partial charge in [-0.1, -0.05) is 6.92 Å². The van der Waals surface area contributed by atoms with Crippen molar-refractivity contribution in [2.24, 2.45) is 0 Å². The fourth-order valence-electron chi connectivity index (χ4n) is 1.74. The van der Waals surface area contributed by atoms with Crippen LogP contribution in [0.3, 0.4) is 0 Å². The van der Waals surface area contributed by atoms with Crippen molar-refractivity contribution in [1.29, 1.82) is 0 Å². The SMILES string of the molecule is CCNC(CC(C)OC)c1cnn(CC)c1. The van der Waals surface area contributed by atoms with E-state index in [9.17, 15) is 0 Å². The molecule has 0 radical (unpaired) electrons. The third-order valence-corrected chi connectivity index (χ3v) is 2.80. The zero-order valence-electron chi connectivity index (χ0n) is 10.7. The molecule has 4 heteroatoms. The van der Waals surface area contributed by atoms with E-state index < -0.39 is 0 Å². The van der Waals surface area contributed by atoms with Gasteiger partial charge in [0.15, 0.2) is 0 Å². The van der Waals surface area contributed by atoms with Gasteiger partial charge in [-0.3, -0.25) is 4.68 Å². The van der Waals surface area contributed by atoms with Crippen LogP contribution in [0.2, 0.25) is 0 Å². The molecule has 0 fully saturated rings. The van der Waals surface area contributed by atoms with Crippen LogP contribution in [0.1, 0.15) is 38.8 Å². The minimum Gasteiger partial charge on any atom is -0.382 e. The summed E-state index contributed by atoms with van der Waals surface area (Å²) in [6.45, 7) is 8.18. The van der Waals surface area contributed by atoms with E-state index >= 15 is 0 Å². The molecule has 0 saturated carbocycles. The molecular weight excluding hydrogens is 202 g/mol. The van der Waals surface area contributed by atoms with E-state index in [4.69, 9.17) is 4.74 Å². The second-order valence-electron chi connectivity index (χ2n) is 4.02. The molecule has 0 spiro atoms. The first kappa shape index (κ1) is 13.2. The van der Waals surface area contributed by atoms with E-state index in [0.29, 0.717) is 6.04 Å². The zero-order chi connectivity index (χ0) is 12.0. The number of ether oxygens (including phenoxy) is 1. The van der Waals surface area contributed by atoms with Gasteiger partial charge in [0.1, 0.15) is 0 Å². The summed E-state index contributed by atoms with van der Waals surface area (Å²) < 4.78 is 7.27. The monoisotopic (exact) mass is 225 g/mol. The van der Waals surface area contributed by atoms with Crippen LogP contribution < -0.4 is 5.32 Å². The minimum absolute atomic E-state index is 0.258. The van der Waals surface area contributed by atoms with Gasteiger partial charge in [-0.2, -0.15) is 5.10 Å². The molecule has 1 rings (SSSR count). The second-order valence-corrected chi connectivity index (χ2v) is 4.02. The highest BCUT2D eigenvalue weighted by molar-refractivity contribution is 5.10. The molecule has 0 aliphatic carbocycles. The third kappa shape index (κ3) is 3.61. The molecule has 92 valence electrons. The molecular formula is C12H23N3O. The Morgan fingerprint density at radius 2 is 2.25 bits per heavy atom. The maximum absolute atomic E-state index is 5.31. The topological polar surface area (TPSA) is 39.1 Å². The summed E-state index contributed by atoms with van der Waals surface area (Å²) in [6.07, 6.45) is 5.28. The van der Waals surface area contributed by atoms with Gasteiger partial charge in [-0.05, 0) is 26.8 Å². The maximum atomic E-state index is 5.31. The summed E-state index contributed by atoms with van der Waals surface area (Å²) in [5.74, 6) is 0. The fraction of sp³-hybridized carbons (Fsp3) is 0.750. The van der Waals surface area contributed by atoms with Crippen molar-refractivity contribution in [3.05, 3.63) is 18.0 Å². The lowest BCUT2D eigenvalue weighted by Gasteiger charge is -2.19. The summed E-state index contributed by atoms with van der Waals surface area (Å²) in [4.78, 5) is 0. The van der Waals surface area contributed by atoms with Crippen LogP contribution in [0.25, 0.3) is 0 Å². The molecule has 0 aliphatic rings. The smallest absolute Gasteiger partial charge is 0.0561 e. The van der Waals surface area contributed by atoms with Crippen LogP contribution in [0.5, 0.6) is 0 Å². The van der Waals surface area contributed by atoms with E-state index in [1.54, 1.807) is 7.11 Å². The van der Waals surface area contributed by atoms with Gasteiger partial charge >= 0.3 is 0 Å². The van der Waals surface area contributed by atoms with Gasteiger partial charge in [-0.15, -0.1) is 0 Å². The molecule has 1 aromatic heterocycles. The van der Waals surface area contributed by atoms with E-state index in [1.165, 1.54) is 5.56 Å². The molecule has 0 aliphatic heterocycles. The lowest BCUT2D eigenvalue weighted by atomic mass is 10.0. The Morgan fingerprint density at radius 3 is 2.75 bits per heavy atom. The lowest BCUT2D eigenvalue weighted by Crippen LogP contribution is -2.24. The van der Waals surface area contributed by atoms with Gasteiger partial charge in [0.05, 0.1) is 12.3 Å². The largest absolute Gasteiger partial charge is 0.382 e. The summed E-state index contributed by atoms with van der Waals surface area (Å²) in [6, 6.07) is 0.334. The maximum Gasteiger partial charge on any atom is 0.0561 e. The van der Waals surface area contributed by atoms with Crippen LogP contribution in [0.4, 0.5) is 0 Å². The van der Waals surface area contributed by atoms with Crippen molar-refractivity contribution in [1.82, 2.24) is 15.1 Å². The highest BCUT2D eigenvalue weighted by Gasteiger charge is 2.15. The predicted octanol–water partition coefficient (Wildman–Crippen LogP) is 1.98. The normalized spacial score (nSPS) is 15.0. The van der Waals surface area contributed by atoms with Crippen molar-refractivity contribution in [2.75, 3.05) is 13.7 Å². The van der Waals surface area contributed by atoms with Crippen molar-refractivity contribution >= 4 is 0 Å². The number of aromatic nitrogens is 2. The van der Waals surface area contributed by atoms with Gasteiger partial charge in [0.2, 0.25) is 0 Å². The van der Waals surface area contributed by atoms with E-state index in [-0.39, 0.29) is 6.10 Å². The Labute approximate surface area is 98.0 Å². The summed E-state index contributed by atoms with van der Waals surface area (Å²) in [5.41, 5.74) is 1.24. The molecule has 0 aromatic carbocycles. The number of nitrogens with one attached hydrogen (secondary N) is 1. The molecule has 16 heavy (non-hydrogen) atoms. The average Bonchev–Trinajstić information content (AvgIpc) is 2.76. The first-order valence-electron chi connectivity index (χ1n) is 5.99. The van der Waals surface area contributed by atoms with Gasteiger partial charge in [-0.25, -0.2) is 0 Å². The second kappa shape index (κ2) is 6.66. The van der Waals surface area contributed by atoms with Crippen molar-refractivity contribution in [3.8, 4) is 0 Å². The average molecular weight is 225 g/mol. The van der Waals surface area contributed by atoms with Gasteiger partial charge in [0, 0.05) is 31.5 Å². The molecule has 2 atom stereocenters. The van der Waals surface area contributed by atoms with Crippen molar-refractivity contribution < 1.29 is 4.74 Å². The summed E-state index contributed by atoms with van der Waals surface area (Å²) in [7, 11) is 1.75. The Balaban J connectivity index is 2.68. The minimum atomic E-state index is 0.258. The molecule has 1 aromatic rings. The molecule has 0 bridgehead atoms. The lowest BCUT2D eigenvalue weighted by molar-refractivity contribution is 0.101. The van der Waals surface area contributed by atoms with E-state index in [2.05, 4.69) is 37.4 Å². The summed E-state index contributed by atoms with van der Waals surface area (Å²) >= 11 is 0. The van der Waals surface area contributed by atoms with Gasteiger partial charge in [0.25, 0.3) is 0 Å². The molecule has 2 unspecified atom stereocenters. The molecule has 1 N–H and O–H groups in total. The number of methoxy groups -OCH3 is 1. The standard InChI is InChI=1S/C12H23N3O/c1-5-13-12(7-10(3)16-4)11-8-14-15(6-2)9-11/h8-10,12-13H,5-7H2,1-4H3. The van der Waals surface area contributed by atoms with Crippen LogP contribution >= 0.6 is 0 Å². The predicted molar refractivity (Wildman–Crippen MR) is 65.4 cm³/mol. The Bertz CT molecular complexity index is 298. The molecule has 0 amide bonds. The van der Waals surface area contributed by atoms with Crippen LogP contribution in [0, 0.1) is 0 Å². The van der Waals surface area contributed by atoms with E-state index in [1.807, 2.05) is 10.9 Å². The number of rotatable bonds is 7. The number of hydrogen-bond acceptors (Lipinski definition) is 3. The van der Waals surface area contributed by atoms with E-state index in [0.717, 1.165) is 19.5 Å². The molecule has 0 saturated heterocycles.